The minimum absolute atomic E-state index is 0.137. The van der Waals surface area contributed by atoms with E-state index >= 15 is 0 Å². The van der Waals surface area contributed by atoms with Crippen LogP contribution in [0.4, 0.5) is 0 Å². The number of aromatic nitrogens is 1. The average Bonchev–Trinajstić information content (AvgIpc) is 2.72. The Bertz CT molecular complexity index is 585. The van der Waals surface area contributed by atoms with Gasteiger partial charge < -0.3 is 14.8 Å². The largest absolute Gasteiger partial charge is 0.478 e. The molecular weight excluding hydrogens is 222 g/mol. The maximum atomic E-state index is 11.5. The summed E-state index contributed by atoms with van der Waals surface area (Å²) >= 11 is 0. The van der Waals surface area contributed by atoms with Crippen LogP contribution >= 0.6 is 0 Å². The monoisotopic (exact) mass is 233 g/mol. The molecule has 17 heavy (non-hydrogen) atoms. The maximum absolute atomic E-state index is 11.5. The van der Waals surface area contributed by atoms with Crippen LogP contribution in [-0.2, 0) is 4.74 Å². The van der Waals surface area contributed by atoms with E-state index in [1.165, 1.54) is 6.07 Å². The summed E-state index contributed by atoms with van der Waals surface area (Å²) in [6, 6.07) is 6.44. The summed E-state index contributed by atoms with van der Waals surface area (Å²) in [5.41, 5.74) is 0.830. The van der Waals surface area contributed by atoms with Crippen LogP contribution in [0.15, 0.2) is 24.3 Å². The van der Waals surface area contributed by atoms with Gasteiger partial charge in [0.2, 0.25) is 0 Å². The van der Waals surface area contributed by atoms with Crippen LogP contribution in [-0.4, -0.2) is 28.6 Å². The standard InChI is InChI=1S/C12H11NO4/c1-2-17-12(16)9-6-7-4-3-5-8(11(14)15)10(7)13-9/h3-6,13H,2H2,1H3,(H,14,15). The molecule has 0 saturated heterocycles. The summed E-state index contributed by atoms with van der Waals surface area (Å²) in [6.45, 7) is 1.99. The molecule has 1 aromatic heterocycles. The Balaban J connectivity index is 2.54. The third kappa shape index (κ3) is 1.99. The second-order valence-corrected chi connectivity index (χ2v) is 3.48. The summed E-state index contributed by atoms with van der Waals surface area (Å²) in [6.07, 6.45) is 0. The smallest absolute Gasteiger partial charge is 0.354 e. The number of carbonyl (C=O) groups is 2. The third-order valence-corrected chi connectivity index (χ3v) is 2.38. The lowest BCUT2D eigenvalue weighted by molar-refractivity contribution is 0.0519. The fourth-order valence-corrected chi connectivity index (χ4v) is 1.65. The molecule has 0 fully saturated rings. The molecule has 2 aromatic rings. The molecule has 0 bridgehead atoms. The first-order valence-electron chi connectivity index (χ1n) is 5.15. The van der Waals surface area contributed by atoms with Gasteiger partial charge >= 0.3 is 11.9 Å². The topological polar surface area (TPSA) is 79.4 Å². The third-order valence-electron chi connectivity index (χ3n) is 2.38. The van der Waals surface area contributed by atoms with Crippen LogP contribution in [0.2, 0.25) is 0 Å². The second kappa shape index (κ2) is 4.29. The average molecular weight is 233 g/mol. The van der Waals surface area contributed by atoms with Gasteiger partial charge in [-0.15, -0.1) is 0 Å². The number of H-pyrrole nitrogens is 1. The summed E-state index contributed by atoms with van der Waals surface area (Å²) < 4.78 is 4.84. The van der Waals surface area contributed by atoms with E-state index in [0.29, 0.717) is 10.9 Å². The summed E-state index contributed by atoms with van der Waals surface area (Å²) in [5.74, 6) is -1.52. The van der Waals surface area contributed by atoms with E-state index in [4.69, 9.17) is 9.84 Å². The van der Waals surface area contributed by atoms with Crippen molar-refractivity contribution >= 4 is 22.8 Å². The van der Waals surface area contributed by atoms with E-state index in [-0.39, 0.29) is 17.9 Å². The number of nitrogens with one attached hydrogen (secondary N) is 1. The van der Waals surface area contributed by atoms with E-state index < -0.39 is 11.9 Å². The number of para-hydroxylation sites is 1. The molecule has 5 heteroatoms. The molecule has 0 unspecified atom stereocenters. The zero-order valence-electron chi connectivity index (χ0n) is 9.19. The lowest BCUT2D eigenvalue weighted by Gasteiger charge is -1.97. The highest BCUT2D eigenvalue weighted by molar-refractivity contribution is 6.04. The molecule has 0 radical (unpaired) electrons. The first-order chi connectivity index (χ1) is 8.13. The molecular formula is C12H11NO4. The van der Waals surface area contributed by atoms with E-state index in [1.54, 1.807) is 25.1 Å². The number of carboxylic acid groups (broad SMARTS) is 1. The number of aromatic carboxylic acids is 1. The van der Waals surface area contributed by atoms with Crippen LogP contribution in [0, 0.1) is 0 Å². The molecule has 0 atom stereocenters. The van der Waals surface area contributed by atoms with Crippen molar-refractivity contribution < 1.29 is 19.4 Å². The Kier molecular flexibility index (Phi) is 2.82. The van der Waals surface area contributed by atoms with Crippen molar-refractivity contribution in [2.24, 2.45) is 0 Å². The highest BCUT2D eigenvalue weighted by Gasteiger charge is 2.14. The minimum atomic E-state index is -1.03. The molecule has 0 spiro atoms. The molecule has 2 N–H and O–H groups in total. The van der Waals surface area contributed by atoms with Gasteiger partial charge in [0.1, 0.15) is 5.69 Å². The number of carbonyl (C=O) groups excluding carboxylic acids is 1. The van der Waals surface area contributed by atoms with Crippen LogP contribution in [0.5, 0.6) is 0 Å². The zero-order valence-corrected chi connectivity index (χ0v) is 9.19. The molecule has 5 nitrogen and oxygen atoms in total. The zero-order chi connectivity index (χ0) is 12.4. The number of benzene rings is 1. The summed E-state index contributed by atoms with van der Waals surface area (Å²) in [5, 5.41) is 9.67. The second-order valence-electron chi connectivity index (χ2n) is 3.48. The van der Waals surface area contributed by atoms with E-state index in [1.807, 2.05) is 0 Å². The Morgan fingerprint density at radius 2 is 2.18 bits per heavy atom. The van der Waals surface area contributed by atoms with E-state index in [9.17, 15) is 9.59 Å². The molecule has 2 rings (SSSR count). The van der Waals surface area contributed by atoms with Crippen molar-refractivity contribution in [3.05, 3.63) is 35.5 Å². The SMILES string of the molecule is CCOC(=O)c1cc2cccc(C(=O)O)c2[nH]1. The molecule has 0 saturated carbocycles. The normalized spacial score (nSPS) is 10.4. The van der Waals surface area contributed by atoms with Gasteiger partial charge in [0.05, 0.1) is 17.7 Å². The van der Waals surface area contributed by atoms with Crippen LogP contribution in [0.1, 0.15) is 27.8 Å². The van der Waals surface area contributed by atoms with Gasteiger partial charge in [-0.3, -0.25) is 0 Å². The van der Waals surface area contributed by atoms with Crippen LogP contribution < -0.4 is 0 Å². The molecule has 1 heterocycles. The van der Waals surface area contributed by atoms with Crippen molar-refractivity contribution in [2.45, 2.75) is 6.92 Å². The number of rotatable bonds is 3. The van der Waals surface area contributed by atoms with Gasteiger partial charge in [0.15, 0.2) is 0 Å². The van der Waals surface area contributed by atoms with E-state index in [0.717, 1.165) is 0 Å². The number of hydrogen-bond donors (Lipinski definition) is 2. The van der Waals surface area contributed by atoms with Gasteiger partial charge in [0, 0.05) is 5.39 Å². The Morgan fingerprint density at radius 3 is 2.82 bits per heavy atom. The molecule has 88 valence electrons. The highest BCUT2D eigenvalue weighted by atomic mass is 16.5. The highest BCUT2D eigenvalue weighted by Crippen LogP contribution is 2.20. The first kappa shape index (κ1) is 11.2. The fraction of sp³-hybridized carbons (Fsp3) is 0.167. The Hall–Kier alpha value is -2.30. The van der Waals surface area contributed by atoms with Crippen molar-refractivity contribution in [1.82, 2.24) is 4.98 Å². The van der Waals surface area contributed by atoms with Gasteiger partial charge in [-0.1, -0.05) is 12.1 Å². The van der Waals surface area contributed by atoms with Crippen molar-refractivity contribution in [2.75, 3.05) is 6.61 Å². The van der Waals surface area contributed by atoms with E-state index in [2.05, 4.69) is 4.98 Å². The predicted octanol–water partition coefficient (Wildman–Crippen LogP) is 2.04. The molecule has 1 aromatic carbocycles. The molecule has 0 aliphatic heterocycles. The minimum Gasteiger partial charge on any atom is -0.478 e. The number of aromatic amines is 1. The van der Waals surface area contributed by atoms with Crippen LogP contribution in [0.25, 0.3) is 10.9 Å². The Morgan fingerprint density at radius 1 is 1.41 bits per heavy atom. The van der Waals surface area contributed by atoms with Gasteiger partial charge in [-0.2, -0.15) is 0 Å². The van der Waals surface area contributed by atoms with Crippen molar-refractivity contribution in [3.8, 4) is 0 Å². The van der Waals surface area contributed by atoms with Gasteiger partial charge in [-0.05, 0) is 19.1 Å². The van der Waals surface area contributed by atoms with Gasteiger partial charge in [0.25, 0.3) is 0 Å². The number of ether oxygens (including phenoxy) is 1. The number of fused-ring (bicyclic) bond motifs is 1. The molecule has 0 amide bonds. The van der Waals surface area contributed by atoms with Crippen molar-refractivity contribution in [1.29, 1.82) is 0 Å². The number of esters is 1. The first-order valence-corrected chi connectivity index (χ1v) is 5.15. The van der Waals surface area contributed by atoms with Gasteiger partial charge in [-0.25, -0.2) is 9.59 Å². The van der Waals surface area contributed by atoms with Crippen LogP contribution in [0.3, 0.4) is 0 Å². The quantitative estimate of drug-likeness (QED) is 0.795. The fourth-order valence-electron chi connectivity index (χ4n) is 1.65. The summed E-state index contributed by atoms with van der Waals surface area (Å²) in [7, 11) is 0. The number of hydrogen-bond acceptors (Lipinski definition) is 3. The molecule has 0 aliphatic rings. The number of carboxylic acids is 1. The maximum Gasteiger partial charge on any atom is 0.354 e. The summed E-state index contributed by atoms with van der Waals surface area (Å²) in [4.78, 5) is 25.3. The molecule has 0 aliphatic carbocycles. The predicted molar refractivity (Wildman–Crippen MR) is 61.2 cm³/mol. The Labute approximate surface area is 97.0 Å². The van der Waals surface area contributed by atoms with Crippen molar-refractivity contribution in [3.63, 3.8) is 0 Å². The lowest BCUT2D eigenvalue weighted by atomic mass is 10.1. The lowest BCUT2D eigenvalue weighted by Crippen LogP contribution is -2.04.